The van der Waals surface area contributed by atoms with E-state index in [4.69, 9.17) is 4.74 Å². The van der Waals surface area contributed by atoms with Crippen LogP contribution in [0.25, 0.3) is 0 Å². The van der Waals surface area contributed by atoms with E-state index < -0.39 is 0 Å². The summed E-state index contributed by atoms with van der Waals surface area (Å²) in [5.41, 5.74) is 1.05. The lowest BCUT2D eigenvalue weighted by Crippen LogP contribution is -2.39. The van der Waals surface area contributed by atoms with Crippen molar-refractivity contribution in [1.29, 1.82) is 0 Å². The van der Waals surface area contributed by atoms with Gasteiger partial charge in [-0.15, -0.1) is 5.10 Å². The van der Waals surface area contributed by atoms with Crippen LogP contribution in [0.2, 0.25) is 0 Å². The van der Waals surface area contributed by atoms with E-state index in [0.717, 1.165) is 31.7 Å². The summed E-state index contributed by atoms with van der Waals surface area (Å²) in [4.78, 5) is 10.8. The molecule has 1 atom stereocenters. The molecule has 1 aliphatic rings. The minimum absolute atomic E-state index is 0.477. The highest BCUT2D eigenvalue weighted by atomic mass is 16.5. The van der Waals surface area contributed by atoms with Crippen molar-refractivity contribution in [3.05, 3.63) is 30.4 Å². The Kier molecular flexibility index (Phi) is 4.95. The molecule has 2 aromatic heterocycles. The Morgan fingerprint density at radius 1 is 1.27 bits per heavy atom. The van der Waals surface area contributed by atoms with Crippen LogP contribution in [0.1, 0.15) is 18.4 Å². The van der Waals surface area contributed by atoms with Gasteiger partial charge in [0.15, 0.2) is 0 Å². The van der Waals surface area contributed by atoms with Crippen molar-refractivity contribution in [3.63, 3.8) is 0 Å². The van der Waals surface area contributed by atoms with Gasteiger partial charge in [-0.05, 0) is 31.9 Å². The van der Waals surface area contributed by atoms with Gasteiger partial charge in [0, 0.05) is 37.6 Å². The van der Waals surface area contributed by atoms with E-state index in [1.54, 1.807) is 18.6 Å². The molecule has 0 aliphatic carbocycles. The maximum Gasteiger partial charge on any atom is 0.316 e. The molecule has 2 aromatic rings. The number of hydrogen-bond donors (Lipinski definition) is 0. The highest BCUT2D eigenvalue weighted by Gasteiger charge is 2.20. The molecule has 1 aliphatic heterocycles. The van der Waals surface area contributed by atoms with Gasteiger partial charge in [-0.3, -0.25) is 4.68 Å². The second kappa shape index (κ2) is 7.31. The summed E-state index contributed by atoms with van der Waals surface area (Å²) in [6.07, 6.45) is 9.60. The van der Waals surface area contributed by atoms with Crippen molar-refractivity contribution >= 4 is 0 Å². The van der Waals surface area contributed by atoms with Crippen LogP contribution >= 0.6 is 0 Å². The first kappa shape index (κ1) is 14.9. The summed E-state index contributed by atoms with van der Waals surface area (Å²) in [6.45, 7) is 6.74. The van der Waals surface area contributed by atoms with Crippen LogP contribution in [-0.4, -0.2) is 56.1 Å². The molecule has 0 bridgehead atoms. The maximum absolute atomic E-state index is 5.72. The first-order valence-corrected chi connectivity index (χ1v) is 7.77. The maximum atomic E-state index is 5.72. The Labute approximate surface area is 130 Å². The third-order valence-corrected chi connectivity index (χ3v) is 3.93. The number of aromatic nitrogens is 5. The van der Waals surface area contributed by atoms with E-state index in [1.807, 2.05) is 17.8 Å². The lowest BCUT2D eigenvalue weighted by atomic mass is 9.99. The molecule has 118 valence electrons. The fourth-order valence-corrected chi connectivity index (χ4v) is 2.73. The predicted molar refractivity (Wildman–Crippen MR) is 81.5 cm³/mol. The standard InChI is InChI=1S/C15H22N6O/c1-13-9-16-15(17-10-13)22-12-14-3-2-5-20(11-14)7-8-21-6-4-18-19-21/h4,6,9-10,14H,2-3,5,7-8,11-12H2,1H3. The molecule has 1 unspecified atom stereocenters. The molecule has 0 amide bonds. The highest BCUT2D eigenvalue weighted by Crippen LogP contribution is 2.17. The Hall–Kier alpha value is -2.02. The average Bonchev–Trinajstić information content (AvgIpc) is 3.06. The SMILES string of the molecule is Cc1cnc(OCC2CCCN(CCn3ccnn3)C2)nc1. The summed E-state index contributed by atoms with van der Waals surface area (Å²) in [5, 5.41) is 7.83. The fourth-order valence-electron chi connectivity index (χ4n) is 2.73. The third-order valence-electron chi connectivity index (χ3n) is 3.93. The minimum Gasteiger partial charge on any atom is -0.463 e. The number of hydrogen-bond acceptors (Lipinski definition) is 6. The number of nitrogens with zero attached hydrogens (tertiary/aromatic N) is 6. The summed E-state index contributed by atoms with van der Waals surface area (Å²) < 4.78 is 7.60. The van der Waals surface area contributed by atoms with E-state index in [2.05, 4.69) is 25.2 Å². The van der Waals surface area contributed by atoms with Crippen molar-refractivity contribution in [2.75, 3.05) is 26.2 Å². The molecular weight excluding hydrogens is 280 g/mol. The van der Waals surface area contributed by atoms with Crippen LogP contribution in [-0.2, 0) is 6.54 Å². The normalized spacial score (nSPS) is 19.2. The van der Waals surface area contributed by atoms with E-state index in [-0.39, 0.29) is 0 Å². The Morgan fingerprint density at radius 3 is 2.91 bits per heavy atom. The van der Waals surface area contributed by atoms with Gasteiger partial charge >= 0.3 is 6.01 Å². The van der Waals surface area contributed by atoms with Gasteiger partial charge in [0.1, 0.15) is 0 Å². The van der Waals surface area contributed by atoms with E-state index >= 15 is 0 Å². The molecule has 0 radical (unpaired) electrons. The molecular formula is C15H22N6O. The zero-order valence-corrected chi connectivity index (χ0v) is 12.9. The van der Waals surface area contributed by atoms with Crippen LogP contribution < -0.4 is 4.74 Å². The lowest BCUT2D eigenvalue weighted by Gasteiger charge is -2.32. The summed E-state index contributed by atoms with van der Waals surface area (Å²) in [6, 6.07) is 0.477. The molecule has 3 rings (SSSR count). The largest absolute Gasteiger partial charge is 0.463 e. The van der Waals surface area contributed by atoms with E-state index in [9.17, 15) is 0 Å². The predicted octanol–water partition coefficient (Wildman–Crippen LogP) is 1.17. The Balaban J connectivity index is 1.43. The fraction of sp³-hybridized carbons (Fsp3) is 0.600. The molecule has 0 aromatic carbocycles. The number of likely N-dealkylation sites (tertiary alicyclic amines) is 1. The molecule has 22 heavy (non-hydrogen) atoms. The average molecular weight is 302 g/mol. The highest BCUT2D eigenvalue weighted by molar-refractivity contribution is 5.04. The third kappa shape index (κ3) is 4.24. The summed E-state index contributed by atoms with van der Waals surface area (Å²) in [7, 11) is 0. The van der Waals surface area contributed by atoms with Crippen molar-refractivity contribution in [2.45, 2.75) is 26.3 Å². The van der Waals surface area contributed by atoms with Crippen LogP contribution in [0.4, 0.5) is 0 Å². The van der Waals surface area contributed by atoms with E-state index in [0.29, 0.717) is 18.5 Å². The van der Waals surface area contributed by atoms with E-state index in [1.165, 1.54) is 12.8 Å². The van der Waals surface area contributed by atoms with Crippen LogP contribution in [0, 0.1) is 12.8 Å². The number of rotatable bonds is 6. The first-order valence-electron chi connectivity index (χ1n) is 7.77. The summed E-state index contributed by atoms with van der Waals surface area (Å²) in [5.74, 6) is 0.536. The Bertz CT molecular complexity index is 556. The lowest BCUT2D eigenvalue weighted by molar-refractivity contribution is 0.121. The molecule has 1 saturated heterocycles. The molecule has 0 N–H and O–H groups in total. The van der Waals surface area contributed by atoms with Gasteiger partial charge in [0.05, 0.1) is 19.3 Å². The van der Waals surface area contributed by atoms with Crippen LogP contribution in [0.3, 0.4) is 0 Å². The van der Waals surface area contributed by atoms with Gasteiger partial charge in [0.25, 0.3) is 0 Å². The topological polar surface area (TPSA) is 69.0 Å². The number of aryl methyl sites for hydroxylation is 1. The number of piperidine rings is 1. The minimum atomic E-state index is 0.477. The monoisotopic (exact) mass is 302 g/mol. The van der Waals surface area contributed by atoms with Crippen molar-refractivity contribution in [2.24, 2.45) is 5.92 Å². The van der Waals surface area contributed by atoms with Crippen LogP contribution in [0.5, 0.6) is 6.01 Å². The zero-order chi connectivity index (χ0) is 15.2. The second-order valence-electron chi connectivity index (χ2n) is 5.83. The molecule has 7 nitrogen and oxygen atoms in total. The quantitative estimate of drug-likeness (QED) is 0.798. The van der Waals surface area contributed by atoms with Crippen molar-refractivity contribution in [3.8, 4) is 6.01 Å². The molecule has 0 saturated carbocycles. The molecule has 7 heteroatoms. The first-order chi connectivity index (χ1) is 10.8. The van der Waals surface area contributed by atoms with Gasteiger partial charge in [-0.2, -0.15) is 0 Å². The molecule has 3 heterocycles. The molecule has 1 fully saturated rings. The van der Waals surface area contributed by atoms with Gasteiger partial charge in [-0.1, -0.05) is 5.21 Å². The van der Waals surface area contributed by atoms with Crippen molar-refractivity contribution < 1.29 is 4.74 Å². The summed E-state index contributed by atoms with van der Waals surface area (Å²) >= 11 is 0. The smallest absolute Gasteiger partial charge is 0.316 e. The van der Waals surface area contributed by atoms with Crippen molar-refractivity contribution in [1.82, 2.24) is 29.9 Å². The Morgan fingerprint density at radius 2 is 2.14 bits per heavy atom. The van der Waals surface area contributed by atoms with Gasteiger partial charge in [0.2, 0.25) is 0 Å². The molecule has 0 spiro atoms. The zero-order valence-electron chi connectivity index (χ0n) is 12.9. The van der Waals surface area contributed by atoms with Crippen LogP contribution in [0.15, 0.2) is 24.8 Å². The van der Waals surface area contributed by atoms with Gasteiger partial charge < -0.3 is 9.64 Å². The van der Waals surface area contributed by atoms with Gasteiger partial charge in [-0.25, -0.2) is 9.97 Å². The second-order valence-corrected chi connectivity index (χ2v) is 5.83. The number of ether oxygens (including phenoxy) is 1.